The van der Waals surface area contributed by atoms with Crippen LogP contribution >= 0.6 is 0 Å². The van der Waals surface area contributed by atoms with Gasteiger partial charge in [-0.05, 0) is 30.8 Å². The Morgan fingerprint density at radius 2 is 1.94 bits per heavy atom. The summed E-state index contributed by atoms with van der Waals surface area (Å²) in [7, 11) is 1.90. The minimum Gasteiger partial charge on any atom is -0.383 e. The van der Waals surface area contributed by atoms with Gasteiger partial charge in [0.05, 0.1) is 6.04 Å². The monoisotopic (exact) mass is 214 g/mol. The molecule has 0 saturated carbocycles. The van der Waals surface area contributed by atoms with Crippen molar-refractivity contribution in [2.75, 3.05) is 12.8 Å². The van der Waals surface area contributed by atoms with E-state index in [0.29, 0.717) is 5.82 Å². The van der Waals surface area contributed by atoms with Gasteiger partial charge in [-0.25, -0.2) is 4.98 Å². The highest BCUT2D eigenvalue weighted by Gasteiger charge is 2.14. The summed E-state index contributed by atoms with van der Waals surface area (Å²) in [6.45, 7) is 0. The summed E-state index contributed by atoms with van der Waals surface area (Å²) in [4.78, 5) is 8.10. The van der Waals surface area contributed by atoms with Gasteiger partial charge in [-0.2, -0.15) is 0 Å². The van der Waals surface area contributed by atoms with Gasteiger partial charge in [0.15, 0.2) is 0 Å². The van der Waals surface area contributed by atoms with Gasteiger partial charge < -0.3 is 11.1 Å². The van der Waals surface area contributed by atoms with Crippen molar-refractivity contribution in [2.45, 2.75) is 6.04 Å². The predicted molar refractivity (Wildman–Crippen MR) is 63.8 cm³/mol. The van der Waals surface area contributed by atoms with E-state index in [9.17, 15) is 0 Å². The van der Waals surface area contributed by atoms with Crippen molar-refractivity contribution in [1.29, 1.82) is 0 Å². The highest BCUT2D eigenvalue weighted by atomic mass is 14.9. The van der Waals surface area contributed by atoms with E-state index >= 15 is 0 Å². The third-order valence-electron chi connectivity index (χ3n) is 2.51. The fourth-order valence-corrected chi connectivity index (χ4v) is 1.73. The number of rotatable bonds is 3. The van der Waals surface area contributed by atoms with Crippen molar-refractivity contribution < 1.29 is 0 Å². The Kier molecular flexibility index (Phi) is 3.12. The molecule has 2 rings (SSSR count). The molecule has 0 radical (unpaired) electrons. The van der Waals surface area contributed by atoms with Crippen LogP contribution in [-0.2, 0) is 0 Å². The molecule has 0 aliphatic rings. The van der Waals surface area contributed by atoms with Gasteiger partial charge in [0.2, 0.25) is 0 Å². The first-order chi connectivity index (χ1) is 7.83. The molecule has 1 atom stereocenters. The van der Waals surface area contributed by atoms with E-state index < -0.39 is 0 Å². The lowest BCUT2D eigenvalue weighted by Gasteiger charge is -2.17. The second-order valence-corrected chi connectivity index (χ2v) is 3.48. The molecular formula is C12H14N4. The molecule has 2 aromatic heterocycles. The van der Waals surface area contributed by atoms with E-state index in [1.54, 1.807) is 18.6 Å². The Morgan fingerprint density at radius 1 is 1.19 bits per heavy atom. The van der Waals surface area contributed by atoms with Crippen molar-refractivity contribution in [3.05, 3.63) is 54.0 Å². The number of nitrogens with two attached hydrogens (primary N) is 1. The fourth-order valence-electron chi connectivity index (χ4n) is 1.73. The molecule has 16 heavy (non-hydrogen) atoms. The summed E-state index contributed by atoms with van der Waals surface area (Å²) in [5, 5.41) is 3.23. The molecule has 4 heteroatoms. The minimum atomic E-state index is 0.0525. The molecule has 0 aliphatic heterocycles. The van der Waals surface area contributed by atoms with E-state index in [1.807, 2.05) is 31.3 Å². The highest BCUT2D eigenvalue weighted by Crippen LogP contribution is 2.24. The Labute approximate surface area is 94.5 Å². The van der Waals surface area contributed by atoms with E-state index in [1.165, 1.54) is 0 Å². The first-order valence-electron chi connectivity index (χ1n) is 5.10. The van der Waals surface area contributed by atoms with Gasteiger partial charge >= 0.3 is 0 Å². The number of hydrogen-bond donors (Lipinski definition) is 2. The molecule has 2 heterocycles. The molecule has 0 aromatic carbocycles. The molecule has 0 bridgehead atoms. The van der Waals surface area contributed by atoms with Gasteiger partial charge in [0, 0.05) is 24.2 Å². The predicted octanol–water partition coefficient (Wildman–Crippen LogP) is 1.37. The van der Waals surface area contributed by atoms with Gasteiger partial charge in [0.25, 0.3) is 0 Å². The van der Waals surface area contributed by atoms with Crippen molar-refractivity contribution in [1.82, 2.24) is 15.3 Å². The van der Waals surface area contributed by atoms with Gasteiger partial charge in [-0.3, -0.25) is 4.98 Å². The minimum absolute atomic E-state index is 0.0525. The lowest BCUT2D eigenvalue weighted by Crippen LogP contribution is -2.19. The molecule has 0 fully saturated rings. The molecule has 0 spiro atoms. The second kappa shape index (κ2) is 4.72. The molecule has 1 unspecified atom stereocenters. The summed E-state index contributed by atoms with van der Waals surface area (Å²) in [6, 6.07) is 7.85. The van der Waals surface area contributed by atoms with Crippen LogP contribution in [0.2, 0.25) is 0 Å². The molecule has 0 amide bonds. The molecular weight excluding hydrogens is 200 g/mol. The Morgan fingerprint density at radius 3 is 2.56 bits per heavy atom. The maximum Gasteiger partial charge on any atom is 0.128 e. The van der Waals surface area contributed by atoms with Crippen LogP contribution in [0.15, 0.2) is 42.9 Å². The van der Waals surface area contributed by atoms with Gasteiger partial charge in [0.1, 0.15) is 5.82 Å². The van der Waals surface area contributed by atoms with Crippen LogP contribution in [0, 0.1) is 0 Å². The standard InChI is InChI=1S/C12H14N4/c1-14-11(9-4-7-15-8-5-9)10-3-2-6-16-12(10)13/h2-8,11,14H,1H3,(H2,13,16). The average Bonchev–Trinajstić information content (AvgIpc) is 2.34. The SMILES string of the molecule is CNC(c1ccncc1)c1cccnc1N. The molecule has 3 N–H and O–H groups in total. The lowest BCUT2D eigenvalue weighted by molar-refractivity contribution is 0.690. The van der Waals surface area contributed by atoms with Crippen LogP contribution in [0.1, 0.15) is 17.2 Å². The maximum absolute atomic E-state index is 5.87. The maximum atomic E-state index is 5.87. The number of nitrogens with one attached hydrogen (secondary N) is 1. The van der Waals surface area contributed by atoms with Crippen LogP contribution in [0.25, 0.3) is 0 Å². The topological polar surface area (TPSA) is 63.8 Å². The van der Waals surface area contributed by atoms with Crippen LogP contribution in [-0.4, -0.2) is 17.0 Å². The van der Waals surface area contributed by atoms with Crippen LogP contribution in [0.4, 0.5) is 5.82 Å². The molecule has 4 nitrogen and oxygen atoms in total. The van der Waals surface area contributed by atoms with Gasteiger partial charge in [-0.1, -0.05) is 6.07 Å². The normalized spacial score (nSPS) is 12.3. The lowest BCUT2D eigenvalue weighted by atomic mass is 10.0. The van der Waals surface area contributed by atoms with Crippen LogP contribution in [0.5, 0.6) is 0 Å². The average molecular weight is 214 g/mol. The molecule has 0 saturated heterocycles. The van der Waals surface area contributed by atoms with Gasteiger partial charge in [-0.15, -0.1) is 0 Å². The number of nitrogens with zero attached hydrogens (tertiary/aromatic N) is 2. The summed E-state index contributed by atoms with van der Waals surface area (Å²) in [5.74, 6) is 0.554. The first-order valence-corrected chi connectivity index (χ1v) is 5.10. The number of hydrogen-bond acceptors (Lipinski definition) is 4. The zero-order valence-electron chi connectivity index (χ0n) is 9.09. The number of anilines is 1. The van der Waals surface area contributed by atoms with Crippen molar-refractivity contribution >= 4 is 5.82 Å². The summed E-state index contributed by atoms with van der Waals surface area (Å²) >= 11 is 0. The van der Waals surface area contributed by atoms with Crippen molar-refractivity contribution in [3.63, 3.8) is 0 Å². The van der Waals surface area contributed by atoms with Crippen molar-refractivity contribution in [2.24, 2.45) is 0 Å². The fraction of sp³-hybridized carbons (Fsp3) is 0.167. The van der Waals surface area contributed by atoms with E-state index in [4.69, 9.17) is 5.73 Å². The van der Waals surface area contributed by atoms with Crippen molar-refractivity contribution in [3.8, 4) is 0 Å². The quantitative estimate of drug-likeness (QED) is 0.810. The van der Waals surface area contributed by atoms with E-state index in [0.717, 1.165) is 11.1 Å². The van der Waals surface area contributed by atoms with Crippen LogP contribution < -0.4 is 11.1 Å². The smallest absolute Gasteiger partial charge is 0.128 e. The molecule has 0 aliphatic carbocycles. The largest absolute Gasteiger partial charge is 0.383 e. The highest BCUT2D eigenvalue weighted by molar-refractivity contribution is 5.45. The van der Waals surface area contributed by atoms with E-state index in [2.05, 4.69) is 15.3 Å². The summed E-state index contributed by atoms with van der Waals surface area (Å²) < 4.78 is 0. The zero-order valence-corrected chi connectivity index (χ0v) is 9.09. The number of aromatic nitrogens is 2. The Hall–Kier alpha value is -1.94. The Bertz CT molecular complexity index is 456. The third kappa shape index (κ3) is 2.01. The second-order valence-electron chi connectivity index (χ2n) is 3.48. The third-order valence-corrected chi connectivity index (χ3v) is 2.51. The molecule has 2 aromatic rings. The van der Waals surface area contributed by atoms with Crippen LogP contribution in [0.3, 0.4) is 0 Å². The summed E-state index contributed by atoms with van der Waals surface area (Å²) in [5.41, 5.74) is 7.97. The Balaban J connectivity index is 2.41. The molecule has 82 valence electrons. The summed E-state index contributed by atoms with van der Waals surface area (Å²) in [6.07, 6.45) is 5.23. The zero-order chi connectivity index (χ0) is 11.4. The van der Waals surface area contributed by atoms with E-state index in [-0.39, 0.29) is 6.04 Å². The number of nitrogen functional groups attached to an aromatic ring is 1. The number of pyridine rings is 2. The first kappa shape index (κ1) is 10.6.